The number of aliphatic carboxylic acids is 1. The number of ether oxygens (including phenoxy) is 1. The quantitative estimate of drug-likeness (QED) is 0.904. The zero-order valence-corrected chi connectivity index (χ0v) is 14.5. The molecule has 0 aliphatic carbocycles. The first-order chi connectivity index (χ1) is 11.9. The van der Waals surface area contributed by atoms with Crippen LogP contribution in [0.25, 0.3) is 0 Å². The van der Waals surface area contributed by atoms with Gasteiger partial charge in [-0.25, -0.2) is 0 Å². The summed E-state index contributed by atoms with van der Waals surface area (Å²) in [7, 11) is 1.50. The summed E-state index contributed by atoms with van der Waals surface area (Å²) in [5, 5.41) is 9.63. The number of halogens is 1. The average molecular weight is 361 g/mol. The minimum absolute atomic E-state index is 0.0923. The van der Waals surface area contributed by atoms with Gasteiger partial charge in [0.2, 0.25) is 0 Å². The van der Waals surface area contributed by atoms with Crippen molar-refractivity contribution >= 4 is 29.2 Å². The van der Waals surface area contributed by atoms with Gasteiger partial charge in [0.05, 0.1) is 18.6 Å². The number of carbonyl (C=O) groups excluding carboxylic acids is 1. The number of aromatic nitrogens is 1. The lowest BCUT2D eigenvalue weighted by Crippen LogP contribution is -2.38. The molecule has 0 saturated carbocycles. The van der Waals surface area contributed by atoms with Crippen LogP contribution in [0.1, 0.15) is 35.3 Å². The van der Waals surface area contributed by atoms with Gasteiger partial charge in [-0.15, -0.1) is 0 Å². The molecule has 2 aromatic rings. The molecule has 1 amide bonds. The molecule has 25 heavy (non-hydrogen) atoms. The van der Waals surface area contributed by atoms with Gasteiger partial charge >= 0.3 is 5.97 Å². The molecule has 130 valence electrons. The van der Waals surface area contributed by atoms with Crippen LogP contribution in [0.2, 0.25) is 5.02 Å². The van der Waals surface area contributed by atoms with Gasteiger partial charge in [0, 0.05) is 23.8 Å². The molecule has 0 fully saturated rings. The second-order valence-corrected chi connectivity index (χ2v) is 6.29. The Morgan fingerprint density at radius 1 is 1.36 bits per heavy atom. The van der Waals surface area contributed by atoms with E-state index in [1.54, 1.807) is 41.4 Å². The van der Waals surface area contributed by atoms with E-state index in [4.69, 9.17) is 16.3 Å². The van der Waals surface area contributed by atoms with Crippen molar-refractivity contribution < 1.29 is 19.4 Å². The van der Waals surface area contributed by atoms with Gasteiger partial charge in [0.15, 0.2) is 0 Å². The predicted molar refractivity (Wildman–Crippen MR) is 93.5 cm³/mol. The van der Waals surface area contributed by atoms with E-state index < -0.39 is 5.97 Å². The highest BCUT2D eigenvalue weighted by molar-refractivity contribution is 6.32. The number of hydrogen-bond donors (Lipinski definition) is 1. The Morgan fingerprint density at radius 2 is 2.12 bits per heavy atom. The molecule has 7 heteroatoms. The van der Waals surface area contributed by atoms with Crippen LogP contribution in [0.4, 0.5) is 5.69 Å². The molecule has 3 rings (SSSR count). The van der Waals surface area contributed by atoms with E-state index in [0.29, 0.717) is 22.2 Å². The Hall–Kier alpha value is -2.60. The van der Waals surface area contributed by atoms with Crippen LogP contribution in [0.3, 0.4) is 0 Å². The van der Waals surface area contributed by atoms with Crippen LogP contribution < -0.4 is 9.64 Å². The number of nitrogens with zero attached hydrogens (tertiary/aromatic N) is 2. The smallest absolute Gasteiger partial charge is 0.304 e. The summed E-state index contributed by atoms with van der Waals surface area (Å²) in [6, 6.07) is 8.11. The molecular formula is C18H17ClN2O4. The number of methoxy groups -OCH3 is 1. The lowest BCUT2D eigenvalue weighted by molar-refractivity contribution is -0.137. The van der Waals surface area contributed by atoms with E-state index >= 15 is 0 Å². The molecule has 0 saturated heterocycles. The third kappa shape index (κ3) is 3.05. The monoisotopic (exact) mass is 360 g/mol. The summed E-state index contributed by atoms with van der Waals surface area (Å²) in [5.41, 5.74) is 1.63. The van der Waals surface area contributed by atoms with Crippen LogP contribution in [0.5, 0.6) is 5.75 Å². The van der Waals surface area contributed by atoms with Crippen molar-refractivity contribution in [3.63, 3.8) is 0 Å². The van der Waals surface area contributed by atoms with Crippen molar-refractivity contribution in [1.29, 1.82) is 0 Å². The van der Waals surface area contributed by atoms with Gasteiger partial charge in [-0.2, -0.15) is 0 Å². The molecule has 2 heterocycles. The number of anilines is 1. The number of hydrogen-bond acceptors (Lipinski definition) is 4. The molecule has 1 aliphatic rings. The first-order valence-corrected chi connectivity index (χ1v) is 8.15. The molecule has 0 bridgehead atoms. The minimum Gasteiger partial charge on any atom is -0.495 e. The zero-order chi connectivity index (χ0) is 18.1. The second-order valence-electron chi connectivity index (χ2n) is 5.88. The van der Waals surface area contributed by atoms with Gasteiger partial charge in [0.25, 0.3) is 5.91 Å². The largest absolute Gasteiger partial charge is 0.495 e. The number of carbonyl (C=O) groups is 2. The van der Waals surface area contributed by atoms with E-state index in [1.165, 1.54) is 7.11 Å². The van der Waals surface area contributed by atoms with E-state index in [-0.39, 0.29) is 24.3 Å². The molecule has 6 nitrogen and oxygen atoms in total. The Morgan fingerprint density at radius 3 is 2.72 bits per heavy atom. The lowest BCUT2D eigenvalue weighted by atomic mass is 9.92. The first kappa shape index (κ1) is 17.2. The predicted octanol–water partition coefficient (Wildman–Crippen LogP) is 3.35. The summed E-state index contributed by atoms with van der Waals surface area (Å²) in [6.45, 7) is 1.83. The molecule has 1 aliphatic heterocycles. The van der Waals surface area contributed by atoms with Gasteiger partial charge < -0.3 is 14.7 Å². The maximum absolute atomic E-state index is 13.0. The summed E-state index contributed by atoms with van der Waals surface area (Å²) in [5.74, 6) is -1.12. The molecule has 1 aromatic carbocycles. The van der Waals surface area contributed by atoms with Crippen LogP contribution in [-0.2, 0) is 4.79 Å². The first-order valence-electron chi connectivity index (χ1n) is 7.77. The SMILES string of the molecule is COc1cc2c(cc1Cl)N(C(=O)c1ccccn1)C(C)C2CC(=O)O. The standard InChI is InChI=1S/C18H17ClN2O4/c1-10-11(8-17(22)23)12-7-16(25-2)13(19)9-15(12)21(10)18(24)14-5-3-4-6-20-14/h3-7,9-11H,8H2,1-2H3,(H,22,23). The number of rotatable bonds is 4. The fourth-order valence-electron chi connectivity index (χ4n) is 3.26. The van der Waals surface area contributed by atoms with Crippen LogP contribution in [-0.4, -0.2) is 35.1 Å². The van der Waals surface area contributed by atoms with Crippen LogP contribution in [0, 0.1) is 0 Å². The van der Waals surface area contributed by atoms with E-state index in [9.17, 15) is 14.7 Å². The summed E-state index contributed by atoms with van der Waals surface area (Å²) in [6.07, 6.45) is 1.45. The lowest BCUT2D eigenvalue weighted by Gasteiger charge is -2.24. The Kier molecular flexibility index (Phi) is 4.63. The van der Waals surface area contributed by atoms with Gasteiger partial charge in [0.1, 0.15) is 11.4 Å². The summed E-state index contributed by atoms with van der Waals surface area (Å²) in [4.78, 5) is 29.9. The van der Waals surface area contributed by atoms with Gasteiger partial charge in [-0.3, -0.25) is 14.6 Å². The molecule has 1 aromatic heterocycles. The van der Waals surface area contributed by atoms with Crippen molar-refractivity contribution in [3.05, 3.63) is 52.8 Å². The third-order valence-electron chi connectivity index (χ3n) is 4.45. The summed E-state index contributed by atoms with van der Waals surface area (Å²) < 4.78 is 5.24. The fourth-order valence-corrected chi connectivity index (χ4v) is 3.49. The van der Waals surface area contributed by atoms with Gasteiger partial charge in [-0.05, 0) is 36.8 Å². The van der Waals surface area contributed by atoms with Crippen LogP contribution >= 0.6 is 11.6 Å². The number of carboxylic acids is 1. The van der Waals surface area contributed by atoms with Crippen molar-refractivity contribution in [3.8, 4) is 5.75 Å². The molecule has 2 unspecified atom stereocenters. The number of fused-ring (bicyclic) bond motifs is 1. The highest BCUT2D eigenvalue weighted by Gasteiger charge is 2.41. The number of carboxylic acid groups (broad SMARTS) is 1. The second kappa shape index (κ2) is 6.72. The normalized spacial score (nSPS) is 18.8. The topological polar surface area (TPSA) is 79.7 Å². The summed E-state index contributed by atoms with van der Waals surface area (Å²) >= 11 is 6.23. The van der Waals surface area contributed by atoms with Crippen molar-refractivity contribution in [2.75, 3.05) is 12.0 Å². The fraction of sp³-hybridized carbons (Fsp3) is 0.278. The Bertz CT molecular complexity index is 825. The molecule has 2 atom stereocenters. The van der Waals surface area contributed by atoms with Crippen molar-refractivity contribution in [2.24, 2.45) is 0 Å². The van der Waals surface area contributed by atoms with Crippen LogP contribution in [0.15, 0.2) is 36.5 Å². The number of amides is 1. The number of benzene rings is 1. The molecule has 0 radical (unpaired) electrons. The highest BCUT2D eigenvalue weighted by Crippen LogP contribution is 2.47. The zero-order valence-electron chi connectivity index (χ0n) is 13.8. The van der Waals surface area contributed by atoms with Gasteiger partial charge in [-0.1, -0.05) is 17.7 Å². The third-order valence-corrected chi connectivity index (χ3v) is 4.74. The van der Waals surface area contributed by atoms with Crippen molar-refractivity contribution in [1.82, 2.24) is 4.98 Å². The number of pyridine rings is 1. The van der Waals surface area contributed by atoms with E-state index in [2.05, 4.69) is 4.98 Å². The van der Waals surface area contributed by atoms with E-state index in [0.717, 1.165) is 5.56 Å². The maximum atomic E-state index is 13.0. The molecule has 0 spiro atoms. The Labute approximate surface area is 150 Å². The molecular weight excluding hydrogens is 344 g/mol. The van der Waals surface area contributed by atoms with Crippen molar-refractivity contribution in [2.45, 2.75) is 25.3 Å². The molecule has 1 N–H and O–H groups in total. The Balaban J connectivity index is 2.11. The van der Waals surface area contributed by atoms with E-state index in [1.807, 2.05) is 6.92 Å². The maximum Gasteiger partial charge on any atom is 0.304 e. The average Bonchev–Trinajstić information content (AvgIpc) is 2.85. The minimum atomic E-state index is -0.927. The highest BCUT2D eigenvalue weighted by atomic mass is 35.5.